The van der Waals surface area contributed by atoms with Crippen molar-refractivity contribution in [3.63, 3.8) is 0 Å². The van der Waals surface area contributed by atoms with Crippen LogP contribution in [0.2, 0.25) is 0 Å². The van der Waals surface area contributed by atoms with E-state index in [0.717, 1.165) is 19.0 Å². The van der Waals surface area contributed by atoms with Crippen LogP contribution in [0.3, 0.4) is 0 Å². The fourth-order valence-corrected chi connectivity index (χ4v) is 2.93. The second kappa shape index (κ2) is 5.85. The zero-order valence-corrected chi connectivity index (χ0v) is 11.9. The standard InChI is InChI=1S/C14H26N4/c1-4-12-5-6-18(14(7-12)8-15)10-13-9-16-17(3)11(13)2/h9,12,14H,4-8,10,15H2,1-3H3. The summed E-state index contributed by atoms with van der Waals surface area (Å²) in [6, 6.07) is 0.545. The van der Waals surface area contributed by atoms with Crippen LogP contribution in [0.1, 0.15) is 37.4 Å². The molecule has 18 heavy (non-hydrogen) atoms. The van der Waals surface area contributed by atoms with Gasteiger partial charge in [-0.2, -0.15) is 5.10 Å². The highest BCUT2D eigenvalue weighted by atomic mass is 15.3. The first-order valence-electron chi connectivity index (χ1n) is 7.07. The maximum Gasteiger partial charge on any atom is 0.0537 e. The van der Waals surface area contributed by atoms with Gasteiger partial charge in [-0.1, -0.05) is 13.3 Å². The molecule has 2 heterocycles. The van der Waals surface area contributed by atoms with Crippen LogP contribution < -0.4 is 5.73 Å². The molecule has 1 aliphatic heterocycles. The molecule has 0 spiro atoms. The molecule has 1 aliphatic rings. The van der Waals surface area contributed by atoms with E-state index in [0.29, 0.717) is 6.04 Å². The Balaban J connectivity index is 2.02. The molecule has 1 fully saturated rings. The first-order valence-corrected chi connectivity index (χ1v) is 7.07. The largest absolute Gasteiger partial charge is 0.329 e. The lowest BCUT2D eigenvalue weighted by Gasteiger charge is -2.38. The van der Waals surface area contributed by atoms with Gasteiger partial charge in [-0.05, 0) is 32.2 Å². The van der Waals surface area contributed by atoms with Crippen molar-refractivity contribution < 1.29 is 0 Å². The smallest absolute Gasteiger partial charge is 0.0537 e. The molecule has 1 saturated heterocycles. The summed E-state index contributed by atoms with van der Waals surface area (Å²) in [5.74, 6) is 0.866. The molecule has 0 radical (unpaired) electrons. The second-order valence-electron chi connectivity index (χ2n) is 5.54. The first kappa shape index (κ1) is 13.6. The van der Waals surface area contributed by atoms with Gasteiger partial charge in [0.15, 0.2) is 0 Å². The van der Waals surface area contributed by atoms with Gasteiger partial charge in [0.1, 0.15) is 0 Å². The number of hydrogen-bond acceptors (Lipinski definition) is 3. The summed E-state index contributed by atoms with van der Waals surface area (Å²) in [7, 11) is 2.00. The Kier molecular flexibility index (Phi) is 4.40. The minimum absolute atomic E-state index is 0.545. The highest BCUT2D eigenvalue weighted by Crippen LogP contribution is 2.26. The summed E-state index contributed by atoms with van der Waals surface area (Å²) >= 11 is 0. The van der Waals surface area contributed by atoms with E-state index in [-0.39, 0.29) is 0 Å². The zero-order chi connectivity index (χ0) is 13.1. The lowest BCUT2D eigenvalue weighted by Crippen LogP contribution is -2.46. The molecule has 0 aromatic carbocycles. The molecule has 0 aliphatic carbocycles. The Labute approximate surface area is 110 Å². The number of aryl methyl sites for hydroxylation is 1. The third-order valence-electron chi connectivity index (χ3n) is 4.51. The number of rotatable bonds is 4. The molecule has 0 amide bonds. The average Bonchev–Trinajstić information content (AvgIpc) is 2.71. The Hall–Kier alpha value is -0.870. The van der Waals surface area contributed by atoms with Gasteiger partial charge in [0.25, 0.3) is 0 Å². The Morgan fingerprint density at radius 3 is 2.83 bits per heavy atom. The third kappa shape index (κ3) is 2.75. The number of aromatic nitrogens is 2. The SMILES string of the molecule is CCC1CCN(Cc2cnn(C)c2C)C(CN)C1. The van der Waals surface area contributed by atoms with Gasteiger partial charge >= 0.3 is 0 Å². The van der Waals surface area contributed by atoms with E-state index in [9.17, 15) is 0 Å². The molecule has 4 heteroatoms. The van der Waals surface area contributed by atoms with Crippen molar-refractivity contribution in [1.29, 1.82) is 0 Å². The van der Waals surface area contributed by atoms with Crippen LogP contribution in [0.4, 0.5) is 0 Å². The fourth-order valence-electron chi connectivity index (χ4n) is 2.93. The van der Waals surface area contributed by atoms with Gasteiger partial charge in [-0.3, -0.25) is 9.58 Å². The molecule has 1 aromatic heterocycles. The van der Waals surface area contributed by atoms with Crippen molar-refractivity contribution in [3.05, 3.63) is 17.5 Å². The normalized spacial score (nSPS) is 25.6. The molecule has 2 unspecified atom stereocenters. The lowest BCUT2D eigenvalue weighted by molar-refractivity contribution is 0.107. The van der Waals surface area contributed by atoms with E-state index in [1.54, 1.807) is 0 Å². The number of piperidine rings is 1. The second-order valence-corrected chi connectivity index (χ2v) is 5.54. The minimum Gasteiger partial charge on any atom is -0.329 e. The average molecular weight is 250 g/mol. The van der Waals surface area contributed by atoms with Crippen molar-refractivity contribution in [3.8, 4) is 0 Å². The third-order valence-corrected chi connectivity index (χ3v) is 4.51. The van der Waals surface area contributed by atoms with Crippen molar-refractivity contribution in [2.75, 3.05) is 13.1 Å². The van der Waals surface area contributed by atoms with Gasteiger partial charge in [0.2, 0.25) is 0 Å². The summed E-state index contributed by atoms with van der Waals surface area (Å²) in [6.45, 7) is 7.38. The van der Waals surface area contributed by atoms with Crippen molar-refractivity contribution in [2.24, 2.45) is 18.7 Å². The van der Waals surface area contributed by atoms with Crippen molar-refractivity contribution >= 4 is 0 Å². The van der Waals surface area contributed by atoms with Crippen LogP contribution in [-0.2, 0) is 13.6 Å². The van der Waals surface area contributed by atoms with Crippen LogP contribution in [0.5, 0.6) is 0 Å². The number of hydrogen-bond donors (Lipinski definition) is 1. The highest BCUT2D eigenvalue weighted by molar-refractivity contribution is 5.16. The van der Waals surface area contributed by atoms with Gasteiger partial charge in [0, 0.05) is 37.4 Å². The molecule has 2 rings (SSSR count). The molecule has 0 bridgehead atoms. The van der Waals surface area contributed by atoms with Crippen LogP contribution in [0.25, 0.3) is 0 Å². The summed E-state index contributed by atoms with van der Waals surface area (Å²) in [5, 5.41) is 4.32. The molecule has 2 atom stereocenters. The topological polar surface area (TPSA) is 47.1 Å². The highest BCUT2D eigenvalue weighted by Gasteiger charge is 2.27. The molecule has 102 valence electrons. The Morgan fingerprint density at radius 1 is 1.50 bits per heavy atom. The van der Waals surface area contributed by atoms with E-state index < -0.39 is 0 Å². The molecule has 4 nitrogen and oxygen atoms in total. The lowest BCUT2D eigenvalue weighted by atomic mass is 9.88. The Bertz CT molecular complexity index is 385. The predicted octanol–water partition coefficient (Wildman–Crippen LogP) is 1.68. The monoisotopic (exact) mass is 250 g/mol. The van der Waals surface area contributed by atoms with Gasteiger partial charge in [-0.15, -0.1) is 0 Å². The maximum atomic E-state index is 5.94. The zero-order valence-electron chi connectivity index (χ0n) is 11.9. The van der Waals surface area contributed by atoms with Gasteiger partial charge < -0.3 is 5.73 Å². The predicted molar refractivity (Wildman–Crippen MR) is 74.2 cm³/mol. The minimum atomic E-state index is 0.545. The molecular formula is C14H26N4. The quantitative estimate of drug-likeness (QED) is 0.884. The van der Waals surface area contributed by atoms with E-state index in [1.807, 2.05) is 17.9 Å². The van der Waals surface area contributed by atoms with Gasteiger partial charge in [-0.25, -0.2) is 0 Å². The maximum absolute atomic E-state index is 5.94. The van der Waals surface area contributed by atoms with Crippen molar-refractivity contribution in [1.82, 2.24) is 14.7 Å². The summed E-state index contributed by atoms with van der Waals surface area (Å²) in [4.78, 5) is 2.54. The van der Waals surface area contributed by atoms with E-state index >= 15 is 0 Å². The number of nitrogens with zero attached hydrogens (tertiary/aromatic N) is 3. The first-order chi connectivity index (χ1) is 8.65. The van der Waals surface area contributed by atoms with Crippen molar-refractivity contribution in [2.45, 2.75) is 45.7 Å². The van der Waals surface area contributed by atoms with E-state index in [1.165, 1.54) is 37.1 Å². The van der Waals surface area contributed by atoms with Gasteiger partial charge in [0.05, 0.1) is 6.20 Å². The van der Waals surface area contributed by atoms with Crippen LogP contribution in [-0.4, -0.2) is 33.8 Å². The summed E-state index contributed by atoms with van der Waals surface area (Å²) in [5.41, 5.74) is 8.55. The summed E-state index contributed by atoms with van der Waals surface area (Å²) < 4.78 is 1.95. The van der Waals surface area contributed by atoms with E-state index in [2.05, 4.69) is 23.8 Å². The molecular weight excluding hydrogens is 224 g/mol. The molecule has 0 saturated carbocycles. The Morgan fingerprint density at radius 2 is 2.28 bits per heavy atom. The van der Waals surface area contributed by atoms with Crippen LogP contribution >= 0.6 is 0 Å². The number of likely N-dealkylation sites (tertiary alicyclic amines) is 1. The molecule has 2 N–H and O–H groups in total. The van der Waals surface area contributed by atoms with Crippen LogP contribution in [0.15, 0.2) is 6.20 Å². The molecule has 1 aromatic rings. The fraction of sp³-hybridized carbons (Fsp3) is 0.786. The van der Waals surface area contributed by atoms with E-state index in [4.69, 9.17) is 5.73 Å². The number of nitrogens with two attached hydrogens (primary N) is 1. The summed E-state index contributed by atoms with van der Waals surface area (Å²) in [6.07, 6.45) is 5.85. The van der Waals surface area contributed by atoms with Crippen LogP contribution in [0, 0.1) is 12.8 Å².